The number of ether oxygens (including phenoxy) is 1. The fourth-order valence-corrected chi connectivity index (χ4v) is 4.18. The fraction of sp³-hybridized carbons (Fsp3) is 0.115. The second kappa shape index (κ2) is 11.4. The number of rotatable bonds is 8. The maximum atomic E-state index is 13.3. The van der Waals surface area contributed by atoms with E-state index in [-0.39, 0.29) is 51.0 Å². The molecule has 3 amide bonds. The molecule has 11 nitrogen and oxygen atoms in total. The van der Waals surface area contributed by atoms with Gasteiger partial charge in [0.15, 0.2) is 5.78 Å². The molecule has 4 rings (SSSR count). The van der Waals surface area contributed by atoms with Gasteiger partial charge in [0.2, 0.25) is 11.8 Å². The second-order valence-corrected chi connectivity index (χ2v) is 9.07. The molecule has 0 bridgehead atoms. The van der Waals surface area contributed by atoms with Gasteiger partial charge in [0.25, 0.3) is 11.6 Å². The van der Waals surface area contributed by atoms with E-state index in [4.69, 9.17) is 27.9 Å². The lowest BCUT2D eigenvalue weighted by atomic mass is 10.1. The summed E-state index contributed by atoms with van der Waals surface area (Å²) in [5.41, 5.74) is -0.0626. The summed E-state index contributed by atoms with van der Waals surface area (Å²) in [7, 11) is 0. The molecule has 0 saturated carbocycles. The Morgan fingerprint density at radius 1 is 0.897 bits per heavy atom. The number of nitrogens with zero attached hydrogens (tertiary/aromatic N) is 3. The first-order valence-electron chi connectivity index (χ1n) is 11.3. The van der Waals surface area contributed by atoms with Crippen molar-refractivity contribution in [2.45, 2.75) is 12.8 Å². The molecule has 13 heteroatoms. The highest BCUT2D eigenvalue weighted by Crippen LogP contribution is 2.25. The van der Waals surface area contributed by atoms with Gasteiger partial charge in [-0.3, -0.25) is 29.3 Å². The van der Waals surface area contributed by atoms with Gasteiger partial charge >= 0.3 is 5.97 Å². The first-order valence-corrected chi connectivity index (χ1v) is 12.0. The van der Waals surface area contributed by atoms with Crippen LogP contribution in [-0.4, -0.2) is 51.0 Å². The van der Waals surface area contributed by atoms with Crippen LogP contribution in [0.15, 0.2) is 66.7 Å². The summed E-state index contributed by atoms with van der Waals surface area (Å²) in [6.45, 7) is -0.656. The van der Waals surface area contributed by atoms with Gasteiger partial charge in [-0.05, 0) is 54.6 Å². The SMILES string of the molecule is O=C(CN(C(=O)c1ccc(Cl)cc1Cl)N1C(=O)CCC1=O)c1ccc(OC(=O)c2ccc([N+](=O)[O-])cc2)cc1. The van der Waals surface area contributed by atoms with Crippen LogP contribution in [0, 0.1) is 10.1 Å². The molecule has 0 atom stereocenters. The summed E-state index contributed by atoms with van der Waals surface area (Å²) in [6.07, 6.45) is -0.222. The van der Waals surface area contributed by atoms with Crippen LogP contribution >= 0.6 is 23.2 Å². The fourth-order valence-electron chi connectivity index (χ4n) is 3.69. The number of nitro benzene ring substituents is 1. The minimum absolute atomic E-state index is 0.0248. The Labute approximate surface area is 230 Å². The van der Waals surface area contributed by atoms with E-state index < -0.39 is 40.9 Å². The molecular weight excluding hydrogens is 553 g/mol. The highest BCUT2D eigenvalue weighted by molar-refractivity contribution is 6.36. The quantitative estimate of drug-likeness (QED) is 0.0961. The van der Waals surface area contributed by atoms with Gasteiger partial charge in [0.1, 0.15) is 12.3 Å². The standard InChI is InChI=1S/C26H17Cl2N3O8/c27-17-5-10-20(21(28)13-17)25(35)29(30-23(33)11-12-24(30)34)14-22(32)15-3-8-19(9-4-15)39-26(36)16-1-6-18(7-2-16)31(37)38/h1-10,13H,11-12,14H2. The monoisotopic (exact) mass is 569 g/mol. The molecule has 3 aromatic rings. The lowest BCUT2D eigenvalue weighted by molar-refractivity contribution is -0.384. The summed E-state index contributed by atoms with van der Waals surface area (Å²) >= 11 is 12.0. The maximum absolute atomic E-state index is 13.3. The molecule has 0 N–H and O–H groups in total. The summed E-state index contributed by atoms with van der Waals surface area (Å²) in [5, 5.41) is 12.4. The molecule has 0 aromatic heterocycles. The Hall–Kier alpha value is -4.61. The Kier molecular flexibility index (Phi) is 8.03. The van der Waals surface area contributed by atoms with E-state index in [2.05, 4.69) is 0 Å². The molecule has 0 spiro atoms. The Morgan fingerprint density at radius 3 is 2.05 bits per heavy atom. The van der Waals surface area contributed by atoms with Crippen LogP contribution in [0.5, 0.6) is 5.75 Å². The van der Waals surface area contributed by atoms with Crippen molar-refractivity contribution in [1.29, 1.82) is 0 Å². The lowest BCUT2D eigenvalue weighted by Gasteiger charge is -2.29. The van der Waals surface area contributed by atoms with E-state index in [0.29, 0.717) is 5.01 Å². The van der Waals surface area contributed by atoms with Gasteiger partial charge in [-0.1, -0.05) is 23.2 Å². The number of hydrogen-bond acceptors (Lipinski definition) is 8. The zero-order valence-corrected chi connectivity index (χ0v) is 21.3. The van der Waals surface area contributed by atoms with Crippen LogP contribution in [0.2, 0.25) is 10.0 Å². The summed E-state index contributed by atoms with van der Waals surface area (Å²) in [6, 6.07) is 14.2. The first-order chi connectivity index (χ1) is 18.5. The average molecular weight is 570 g/mol. The number of carbonyl (C=O) groups excluding carboxylic acids is 5. The van der Waals surface area contributed by atoms with E-state index in [0.717, 1.165) is 5.01 Å². The summed E-state index contributed by atoms with van der Waals surface area (Å²) < 4.78 is 5.24. The summed E-state index contributed by atoms with van der Waals surface area (Å²) in [4.78, 5) is 73.7. The Bertz CT molecular complexity index is 1490. The van der Waals surface area contributed by atoms with Crippen LogP contribution in [0.25, 0.3) is 0 Å². The molecular formula is C26H17Cl2N3O8. The normalized spacial score (nSPS) is 12.8. The third kappa shape index (κ3) is 6.11. The van der Waals surface area contributed by atoms with Gasteiger partial charge in [0, 0.05) is 35.6 Å². The topological polar surface area (TPSA) is 144 Å². The highest BCUT2D eigenvalue weighted by atomic mass is 35.5. The number of non-ortho nitro benzene ring substituents is 1. The molecule has 0 aliphatic carbocycles. The highest BCUT2D eigenvalue weighted by Gasteiger charge is 2.38. The van der Waals surface area contributed by atoms with Crippen molar-refractivity contribution in [3.05, 3.63) is 104 Å². The number of nitro groups is 1. The van der Waals surface area contributed by atoms with Gasteiger partial charge in [-0.2, -0.15) is 5.01 Å². The molecule has 1 saturated heterocycles. The predicted molar refractivity (Wildman–Crippen MR) is 137 cm³/mol. The van der Waals surface area contributed by atoms with E-state index in [1.165, 1.54) is 66.7 Å². The number of hydrazine groups is 1. The van der Waals surface area contributed by atoms with E-state index in [1.807, 2.05) is 0 Å². The molecule has 198 valence electrons. The number of imide groups is 1. The molecule has 3 aromatic carbocycles. The zero-order chi connectivity index (χ0) is 28.3. The molecule has 1 fully saturated rings. The van der Waals surface area contributed by atoms with Crippen molar-refractivity contribution in [3.8, 4) is 5.75 Å². The van der Waals surface area contributed by atoms with E-state index >= 15 is 0 Å². The van der Waals surface area contributed by atoms with Crippen molar-refractivity contribution >= 4 is 58.4 Å². The maximum Gasteiger partial charge on any atom is 0.343 e. The van der Waals surface area contributed by atoms with Crippen molar-refractivity contribution in [2.24, 2.45) is 0 Å². The number of benzene rings is 3. The van der Waals surface area contributed by atoms with Gasteiger partial charge < -0.3 is 4.74 Å². The van der Waals surface area contributed by atoms with Crippen LogP contribution in [0.1, 0.15) is 43.9 Å². The van der Waals surface area contributed by atoms with Crippen molar-refractivity contribution in [3.63, 3.8) is 0 Å². The number of Topliss-reactive ketones (excluding diaryl/α,β-unsaturated/α-hetero) is 1. The minimum Gasteiger partial charge on any atom is -0.423 e. The summed E-state index contributed by atoms with van der Waals surface area (Å²) in [5.74, 6) is -3.43. The number of halogens is 2. The van der Waals surface area contributed by atoms with Crippen LogP contribution in [-0.2, 0) is 9.59 Å². The van der Waals surface area contributed by atoms with Crippen LogP contribution in [0.3, 0.4) is 0 Å². The van der Waals surface area contributed by atoms with Crippen molar-refractivity contribution in [2.75, 3.05) is 6.54 Å². The molecule has 1 heterocycles. The molecule has 1 aliphatic heterocycles. The molecule has 1 aliphatic rings. The largest absolute Gasteiger partial charge is 0.423 e. The number of ketones is 1. The molecule has 0 radical (unpaired) electrons. The first kappa shape index (κ1) is 27.4. The predicted octanol–water partition coefficient (Wildman–Crippen LogP) is 4.51. The number of esters is 1. The van der Waals surface area contributed by atoms with Gasteiger partial charge in [-0.15, -0.1) is 0 Å². The second-order valence-electron chi connectivity index (χ2n) is 8.23. The average Bonchev–Trinajstić information content (AvgIpc) is 3.24. The van der Waals surface area contributed by atoms with Crippen molar-refractivity contribution in [1.82, 2.24) is 10.0 Å². The zero-order valence-electron chi connectivity index (χ0n) is 19.8. The number of amides is 3. The minimum atomic E-state index is -0.845. The lowest BCUT2D eigenvalue weighted by Crippen LogP contribution is -2.51. The van der Waals surface area contributed by atoms with Crippen LogP contribution in [0.4, 0.5) is 5.69 Å². The third-order valence-electron chi connectivity index (χ3n) is 5.66. The van der Waals surface area contributed by atoms with E-state index in [1.54, 1.807) is 0 Å². The Morgan fingerprint density at radius 2 is 1.49 bits per heavy atom. The molecule has 0 unspecified atom stereocenters. The number of hydrogen-bond donors (Lipinski definition) is 0. The number of carbonyl (C=O) groups is 5. The van der Waals surface area contributed by atoms with E-state index in [9.17, 15) is 34.1 Å². The Balaban J connectivity index is 1.51. The van der Waals surface area contributed by atoms with Gasteiger partial charge in [0.05, 0.1) is 21.1 Å². The van der Waals surface area contributed by atoms with Crippen LogP contribution < -0.4 is 4.74 Å². The molecule has 39 heavy (non-hydrogen) atoms. The smallest absolute Gasteiger partial charge is 0.343 e. The van der Waals surface area contributed by atoms with Crippen molar-refractivity contribution < 1.29 is 33.6 Å². The third-order valence-corrected chi connectivity index (χ3v) is 6.20. The van der Waals surface area contributed by atoms with Gasteiger partial charge in [-0.25, -0.2) is 9.80 Å².